The van der Waals surface area contributed by atoms with Crippen LogP contribution in [0.3, 0.4) is 0 Å². The maximum absolute atomic E-state index is 14.2. The molecule has 1 heterocycles. The lowest BCUT2D eigenvalue weighted by Crippen LogP contribution is -2.33. The number of aliphatic hydroxyl groups excluding tert-OH is 1. The number of nitrogens with zero attached hydrogens (tertiary/aromatic N) is 1. The number of carbonyl (C=O) groups is 3. The number of amides is 2. The van der Waals surface area contributed by atoms with Gasteiger partial charge in [0.1, 0.15) is 5.82 Å². The minimum absolute atomic E-state index is 0.0734. The Bertz CT molecular complexity index is 1670. The standard InChI is InChI=1S/C32H26ClFN2O5/c1-18-4-6-19(7-5-18)23-11-9-21(34)16-25(23)30(38)35-22-10-12-24(26(17-22)32(40)41)31(39)36-14-2-3-29(37)27-15-20(33)8-13-28(27)36/h4-13,15-17,29,37H,2-3,14H2,1H3,(H,35,38)(H,40,41). The van der Waals surface area contributed by atoms with Gasteiger partial charge in [-0.25, -0.2) is 9.18 Å². The third-order valence-electron chi connectivity index (χ3n) is 7.07. The van der Waals surface area contributed by atoms with Crippen LogP contribution in [0.4, 0.5) is 15.8 Å². The number of fused-ring (bicyclic) bond motifs is 1. The van der Waals surface area contributed by atoms with Gasteiger partial charge in [-0.15, -0.1) is 0 Å². The molecule has 0 spiro atoms. The predicted octanol–water partition coefficient (Wildman–Crippen LogP) is 6.88. The lowest BCUT2D eigenvalue weighted by Gasteiger charge is -2.24. The van der Waals surface area contributed by atoms with Crippen LogP contribution in [0, 0.1) is 12.7 Å². The highest BCUT2D eigenvalue weighted by atomic mass is 35.5. The molecule has 0 saturated heterocycles. The normalized spacial score (nSPS) is 14.6. The minimum Gasteiger partial charge on any atom is -0.478 e. The summed E-state index contributed by atoms with van der Waals surface area (Å²) < 4.78 is 14.2. The molecule has 1 aliphatic rings. The zero-order valence-corrected chi connectivity index (χ0v) is 22.8. The molecule has 0 saturated carbocycles. The van der Waals surface area contributed by atoms with Crippen LogP contribution in [-0.2, 0) is 0 Å². The first-order chi connectivity index (χ1) is 19.6. The molecule has 0 fully saturated rings. The number of anilines is 2. The van der Waals surface area contributed by atoms with Crippen LogP contribution >= 0.6 is 11.6 Å². The number of halogens is 2. The Hall–Kier alpha value is -4.53. The van der Waals surface area contributed by atoms with Crippen LogP contribution in [0.1, 0.15) is 61.1 Å². The van der Waals surface area contributed by atoms with E-state index in [1.165, 1.54) is 35.2 Å². The summed E-state index contributed by atoms with van der Waals surface area (Å²) in [6.07, 6.45) is 0.0938. The number of hydrogen-bond acceptors (Lipinski definition) is 4. The summed E-state index contributed by atoms with van der Waals surface area (Å²) in [7, 11) is 0. The largest absolute Gasteiger partial charge is 0.478 e. The van der Waals surface area contributed by atoms with Gasteiger partial charge in [0.2, 0.25) is 0 Å². The summed E-state index contributed by atoms with van der Waals surface area (Å²) in [5, 5.41) is 23.6. The van der Waals surface area contributed by atoms with E-state index < -0.39 is 29.7 Å². The second kappa shape index (κ2) is 11.5. The van der Waals surface area contributed by atoms with Crippen LogP contribution in [0.15, 0.2) is 78.9 Å². The Morgan fingerprint density at radius 2 is 1.68 bits per heavy atom. The average molecular weight is 573 g/mol. The van der Waals surface area contributed by atoms with E-state index in [1.54, 1.807) is 18.2 Å². The quantitative estimate of drug-likeness (QED) is 0.242. The molecule has 4 aromatic rings. The molecule has 9 heteroatoms. The highest BCUT2D eigenvalue weighted by Crippen LogP contribution is 2.36. The van der Waals surface area contributed by atoms with Crippen molar-refractivity contribution in [1.29, 1.82) is 0 Å². The molecule has 0 aliphatic carbocycles. The topological polar surface area (TPSA) is 107 Å². The first-order valence-corrected chi connectivity index (χ1v) is 13.3. The van der Waals surface area contributed by atoms with Gasteiger partial charge in [-0.05, 0) is 79.4 Å². The molecule has 4 aromatic carbocycles. The first-order valence-electron chi connectivity index (χ1n) is 13.0. The molecule has 7 nitrogen and oxygen atoms in total. The second-order valence-electron chi connectivity index (χ2n) is 9.89. The molecule has 0 bridgehead atoms. The van der Waals surface area contributed by atoms with Crippen LogP contribution in [-0.4, -0.2) is 34.5 Å². The minimum atomic E-state index is -1.36. The summed E-state index contributed by atoms with van der Waals surface area (Å²) in [6, 6.07) is 20.1. The Balaban J connectivity index is 1.47. The molecule has 3 N–H and O–H groups in total. The number of carboxylic acid groups (broad SMARTS) is 1. The van der Waals surface area contributed by atoms with Gasteiger partial charge < -0.3 is 20.4 Å². The number of hydrogen-bond donors (Lipinski definition) is 3. The fourth-order valence-corrected chi connectivity index (χ4v) is 5.17. The van der Waals surface area contributed by atoms with Crippen LogP contribution in [0.2, 0.25) is 5.02 Å². The zero-order valence-electron chi connectivity index (χ0n) is 22.0. The van der Waals surface area contributed by atoms with Gasteiger partial charge in [0.05, 0.1) is 22.8 Å². The first kappa shape index (κ1) is 28.0. The van der Waals surface area contributed by atoms with Gasteiger partial charge in [-0.1, -0.05) is 47.5 Å². The summed E-state index contributed by atoms with van der Waals surface area (Å²) in [5.41, 5.74) is 3.00. The number of benzene rings is 4. The van der Waals surface area contributed by atoms with Crippen molar-refractivity contribution in [3.63, 3.8) is 0 Å². The Labute approximate surface area is 240 Å². The highest BCUT2D eigenvalue weighted by molar-refractivity contribution is 6.30. The van der Waals surface area contributed by atoms with Crippen LogP contribution in [0.5, 0.6) is 0 Å². The fourth-order valence-electron chi connectivity index (χ4n) is 4.99. The lowest BCUT2D eigenvalue weighted by atomic mass is 9.98. The molecule has 1 aliphatic heterocycles. The molecule has 0 radical (unpaired) electrons. The number of rotatable bonds is 5. The van der Waals surface area contributed by atoms with Crippen molar-refractivity contribution in [2.75, 3.05) is 16.8 Å². The van der Waals surface area contributed by atoms with Crippen molar-refractivity contribution in [3.8, 4) is 11.1 Å². The number of carbonyl (C=O) groups excluding carboxylic acids is 2. The maximum atomic E-state index is 14.2. The van der Waals surface area contributed by atoms with E-state index in [0.29, 0.717) is 34.7 Å². The van der Waals surface area contributed by atoms with Crippen molar-refractivity contribution in [1.82, 2.24) is 0 Å². The Morgan fingerprint density at radius 1 is 0.927 bits per heavy atom. The predicted molar refractivity (Wildman–Crippen MR) is 155 cm³/mol. The van der Waals surface area contributed by atoms with Gasteiger partial charge in [-0.3, -0.25) is 9.59 Å². The molecule has 0 aromatic heterocycles. The van der Waals surface area contributed by atoms with Crippen molar-refractivity contribution in [3.05, 3.63) is 118 Å². The fraction of sp³-hybridized carbons (Fsp3) is 0.156. The molecule has 2 amide bonds. The van der Waals surface area contributed by atoms with Crippen molar-refractivity contribution >= 4 is 40.8 Å². The third-order valence-corrected chi connectivity index (χ3v) is 7.31. The smallest absolute Gasteiger partial charge is 0.336 e. The number of nitrogens with one attached hydrogen (secondary N) is 1. The highest BCUT2D eigenvalue weighted by Gasteiger charge is 2.29. The van der Waals surface area contributed by atoms with Gasteiger partial charge >= 0.3 is 5.97 Å². The van der Waals surface area contributed by atoms with Crippen molar-refractivity contribution < 1.29 is 29.0 Å². The van der Waals surface area contributed by atoms with E-state index in [9.17, 15) is 29.0 Å². The number of carboxylic acids is 1. The van der Waals surface area contributed by atoms with E-state index in [2.05, 4.69) is 5.32 Å². The van der Waals surface area contributed by atoms with Crippen LogP contribution < -0.4 is 10.2 Å². The van der Waals surface area contributed by atoms with Crippen LogP contribution in [0.25, 0.3) is 11.1 Å². The summed E-state index contributed by atoms with van der Waals surface area (Å²) in [5.74, 6) is -3.16. The van der Waals surface area contributed by atoms with Crippen molar-refractivity contribution in [2.45, 2.75) is 25.9 Å². The summed E-state index contributed by atoms with van der Waals surface area (Å²) >= 11 is 6.12. The van der Waals surface area contributed by atoms with E-state index in [-0.39, 0.29) is 28.9 Å². The SMILES string of the molecule is Cc1ccc(-c2ccc(F)cc2C(=O)Nc2ccc(C(=O)N3CCCC(O)c4cc(Cl)ccc43)c(C(=O)O)c2)cc1. The number of aromatic carboxylic acids is 1. The van der Waals surface area contributed by atoms with E-state index in [0.717, 1.165) is 17.2 Å². The maximum Gasteiger partial charge on any atom is 0.336 e. The van der Waals surface area contributed by atoms with Gasteiger partial charge in [0.25, 0.3) is 11.8 Å². The van der Waals surface area contributed by atoms with E-state index in [1.807, 2.05) is 31.2 Å². The molecular weight excluding hydrogens is 547 g/mol. The molecule has 208 valence electrons. The van der Waals surface area contributed by atoms with E-state index in [4.69, 9.17) is 11.6 Å². The van der Waals surface area contributed by atoms with E-state index >= 15 is 0 Å². The monoisotopic (exact) mass is 572 g/mol. The van der Waals surface area contributed by atoms with Gasteiger partial charge in [0.15, 0.2) is 0 Å². The Morgan fingerprint density at radius 3 is 2.41 bits per heavy atom. The number of aliphatic hydroxyl groups is 1. The zero-order chi connectivity index (χ0) is 29.3. The summed E-state index contributed by atoms with van der Waals surface area (Å²) in [6.45, 7) is 2.20. The third kappa shape index (κ3) is 5.84. The number of aryl methyl sites for hydroxylation is 1. The van der Waals surface area contributed by atoms with Gasteiger partial charge in [0, 0.05) is 28.5 Å². The molecule has 5 rings (SSSR count). The second-order valence-corrected chi connectivity index (χ2v) is 10.3. The average Bonchev–Trinajstić information content (AvgIpc) is 3.11. The molecule has 1 unspecified atom stereocenters. The van der Waals surface area contributed by atoms with Gasteiger partial charge in [-0.2, -0.15) is 0 Å². The molecule has 1 atom stereocenters. The summed E-state index contributed by atoms with van der Waals surface area (Å²) in [4.78, 5) is 40.6. The molecular formula is C32H26ClFN2O5. The molecule has 41 heavy (non-hydrogen) atoms. The van der Waals surface area contributed by atoms with Crippen molar-refractivity contribution in [2.24, 2.45) is 0 Å². The Kier molecular flexibility index (Phi) is 7.88. The lowest BCUT2D eigenvalue weighted by molar-refractivity contribution is 0.0691.